The van der Waals surface area contributed by atoms with Crippen molar-refractivity contribution in [2.45, 2.75) is 44.6 Å². The van der Waals surface area contributed by atoms with Crippen LogP contribution in [0.25, 0.3) is 5.52 Å². The Kier molecular flexibility index (Phi) is 3.08. The second-order valence-corrected chi connectivity index (χ2v) is 5.77. The molecule has 0 bridgehead atoms. The van der Waals surface area contributed by atoms with Crippen LogP contribution in [-0.4, -0.2) is 10.4 Å². The first-order valence-corrected chi connectivity index (χ1v) is 7.07. The number of nitrogens with two attached hydrogens (primary N) is 1. The van der Waals surface area contributed by atoms with Gasteiger partial charge in [-0.25, -0.2) is 0 Å². The summed E-state index contributed by atoms with van der Waals surface area (Å²) in [6.07, 6.45) is 6.74. The van der Waals surface area contributed by atoms with E-state index in [2.05, 4.69) is 29.7 Å². The minimum Gasteiger partial charge on any atom is -0.328 e. The first-order valence-electron chi connectivity index (χ1n) is 6.69. The Morgan fingerprint density at radius 2 is 1.94 bits per heavy atom. The second kappa shape index (κ2) is 4.60. The van der Waals surface area contributed by atoms with Gasteiger partial charge < -0.3 is 10.1 Å². The molecule has 96 valence electrons. The van der Waals surface area contributed by atoms with Crippen LogP contribution in [0.3, 0.4) is 0 Å². The molecular formula is C15H19ClN2. The lowest BCUT2D eigenvalue weighted by atomic mass is 9.83. The molecule has 2 heterocycles. The molecule has 1 fully saturated rings. The van der Waals surface area contributed by atoms with Crippen molar-refractivity contribution in [2.75, 3.05) is 0 Å². The summed E-state index contributed by atoms with van der Waals surface area (Å²) < 4.78 is 2.26. The SMILES string of the molecule is Cc1c(Cl)c2ccccn2c1C1CCC(N)CC1. The van der Waals surface area contributed by atoms with Crippen molar-refractivity contribution >= 4 is 17.1 Å². The predicted octanol–water partition coefficient (Wildman–Crippen LogP) is 3.89. The number of fused-ring (bicyclic) bond motifs is 1. The minimum absolute atomic E-state index is 0.392. The van der Waals surface area contributed by atoms with Gasteiger partial charge in [0.15, 0.2) is 0 Å². The molecule has 18 heavy (non-hydrogen) atoms. The van der Waals surface area contributed by atoms with Gasteiger partial charge >= 0.3 is 0 Å². The topological polar surface area (TPSA) is 30.4 Å². The zero-order valence-electron chi connectivity index (χ0n) is 10.7. The molecule has 1 aliphatic rings. The number of pyridine rings is 1. The fourth-order valence-corrected chi connectivity index (χ4v) is 3.46. The standard InChI is InChI=1S/C15H19ClN2/c1-10-14(16)13-4-2-3-9-18(13)15(10)11-5-7-12(17)8-6-11/h2-4,9,11-12H,5-8,17H2,1H3. The minimum atomic E-state index is 0.392. The average molecular weight is 263 g/mol. The number of rotatable bonds is 1. The largest absolute Gasteiger partial charge is 0.328 e. The molecule has 0 saturated heterocycles. The van der Waals surface area contributed by atoms with Gasteiger partial charge in [0.05, 0.1) is 10.5 Å². The fourth-order valence-electron chi connectivity index (χ4n) is 3.21. The van der Waals surface area contributed by atoms with E-state index in [1.807, 2.05) is 6.07 Å². The molecular weight excluding hydrogens is 244 g/mol. The van der Waals surface area contributed by atoms with Crippen LogP contribution >= 0.6 is 11.6 Å². The van der Waals surface area contributed by atoms with E-state index >= 15 is 0 Å². The van der Waals surface area contributed by atoms with Crippen LogP contribution in [0, 0.1) is 6.92 Å². The zero-order valence-corrected chi connectivity index (χ0v) is 11.5. The molecule has 0 aromatic carbocycles. The first kappa shape index (κ1) is 12.1. The third-order valence-corrected chi connectivity index (χ3v) is 4.69. The molecule has 2 N–H and O–H groups in total. The van der Waals surface area contributed by atoms with Crippen LogP contribution in [-0.2, 0) is 0 Å². The van der Waals surface area contributed by atoms with Gasteiger partial charge in [0.2, 0.25) is 0 Å². The van der Waals surface area contributed by atoms with Crippen LogP contribution in [0.15, 0.2) is 24.4 Å². The summed E-state index contributed by atoms with van der Waals surface area (Å²) in [5, 5.41) is 0.903. The molecule has 0 unspecified atom stereocenters. The second-order valence-electron chi connectivity index (χ2n) is 5.39. The van der Waals surface area contributed by atoms with Crippen molar-refractivity contribution in [3.05, 3.63) is 40.7 Å². The van der Waals surface area contributed by atoms with Crippen LogP contribution in [0.2, 0.25) is 5.02 Å². The molecule has 1 saturated carbocycles. The van der Waals surface area contributed by atoms with Gasteiger partial charge in [-0.2, -0.15) is 0 Å². The fraction of sp³-hybridized carbons (Fsp3) is 0.467. The molecule has 3 heteroatoms. The molecule has 0 radical (unpaired) electrons. The van der Waals surface area contributed by atoms with Gasteiger partial charge in [0, 0.05) is 17.9 Å². The predicted molar refractivity (Wildman–Crippen MR) is 76.3 cm³/mol. The maximum absolute atomic E-state index is 6.45. The molecule has 1 aliphatic carbocycles. The number of hydrogen-bond donors (Lipinski definition) is 1. The Bertz CT molecular complexity index is 565. The highest BCUT2D eigenvalue weighted by atomic mass is 35.5. The Hall–Kier alpha value is -0.990. The van der Waals surface area contributed by atoms with E-state index in [-0.39, 0.29) is 0 Å². The number of aromatic nitrogens is 1. The zero-order chi connectivity index (χ0) is 12.7. The molecule has 0 atom stereocenters. The average Bonchev–Trinajstić information content (AvgIpc) is 2.64. The van der Waals surface area contributed by atoms with Crippen molar-refractivity contribution < 1.29 is 0 Å². The van der Waals surface area contributed by atoms with Gasteiger partial charge in [0.25, 0.3) is 0 Å². The van der Waals surface area contributed by atoms with E-state index < -0.39 is 0 Å². The Morgan fingerprint density at radius 3 is 2.67 bits per heavy atom. The summed E-state index contributed by atoms with van der Waals surface area (Å²) in [4.78, 5) is 0. The molecule has 3 rings (SSSR count). The highest BCUT2D eigenvalue weighted by Crippen LogP contribution is 2.38. The van der Waals surface area contributed by atoms with Crippen molar-refractivity contribution in [3.8, 4) is 0 Å². The van der Waals surface area contributed by atoms with E-state index in [4.69, 9.17) is 17.3 Å². The smallest absolute Gasteiger partial charge is 0.0693 e. The van der Waals surface area contributed by atoms with Gasteiger partial charge in [-0.05, 0) is 56.2 Å². The Balaban J connectivity index is 2.08. The van der Waals surface area contributed by atoms with E-state index in [1.54, 1.807) is 0 Å². The molecule has 2 aromatic rings. The maximum Gasteiger partial charge on any atom is 0.0693 e. The first-order chi connectivity index (χ1) is 8.68. The lowest BCUT2D eigenvalue weighted by molar-refractivity contribution is 0.388. The van der Waals surface area contributed by atoms with Gasteiger partial charge in [0.1, 0.15) is 0 Å². The van der Waals surface area contributed by atoms with Crippen molar-refractivity contribution in [2.24, 2.45) is 5.73 Å². The van der Waals surface area contributed by atoms with E-state index in [1.165, 1.54) is 24.1 Å². The molecule has 0 spiro atoms. The van der Waals surface area contributed by atoms with E-state index in [0.29, 0.717) is 12.0 Å². The van der Waals surface area contributed by atoms with Crippen LogP contribution in [0.5, 0.6) is 0 Å². The van der Waals surface area contributed by atoms with Crippen molar-refractivity contribution in [1.29, 1.82) is 0 Å². The number of halogens is 1. The monoisotopic (exact) mass is 262 g/mol. The highest BCUT2D eigenvalue weighted by Gasteiger charge is 2.25. The number of hydrogen-bond acceptors (Lipinski definition) is 1. The summed E-state index contributed by atoms with van der Waals surface area (Å²) in [7, 11) is 0. The third-order valence-electron chi connectivity index (χ3n) is 4.22. The summed E-state index contributed by atoms with van der Waals surface area (Å²) >= 11 is 6.45. The molecule has 2 aromatic heterocycles. The number of nitrogens with zero attached hydrogens (tertiary/aromatic N) is 1. The lowest BCUT2D eigenvalue weighted by Gasteiger charge is -2.26. The highest BCUT2D eigenvalue weighted by molar-refractivity contribution is 6.34. The van der Waals surface area contributed by atoms with Crippen molar-refractivity contribution in [1.82, 2.24) is 4.40 Å². The molecule has 0 amide bonds. The van der Waals surface area contributed by atoms with E-state index in [0.717, 1.165) is 23.4 Å². The van der Waals surface area contributed by atoms with E-state index in [9.17, 15) is 0 Å². The van der Waals surface area contributed by atoms with Crippen LogP contribution in [0.4, 0.5) is 0 Å². The van der Waals surface area contributed by atoms with Crippen LogP contribution < -0.4 is 5.73 Å². The Labute approximate surface area is 113 Å². The summed E-state index contributed by atoms with van der Waals surface area (Å²) in [5.41, 5.74) is 9.75. The third kappa shape index (κ3) is 1.84. The quantitative estimate of drug-likeness (QED) is 0.831. The Morgan fingerprint density at radius 1 is 1.22 bits per heavy atom. The van der Waals surface area contributed by atoms with Gasteiger partial charge in [-0.1, -0.05) is 17.7 Å². The van der Waals surface area contributed by atoms with Crippen LogP contribution in [0.1, 0.15) is 42.9 Å². The van der Waals surface area contributed by atoms with Gasteiger partial charge in [-0.15, -0.1) is 0 Å². The summed E-state index contributed by atoms with van der Waals surface area (Å²) in [6, 6.07) is 6.60. The molecule has 0 aliphatic heterocycles. The normalized spacial score (nSPS) is 24.6. The van der Waals surface area contributed by atoms with Gasteiger partial charge in [-0.3, -0.25) is 0 Å². The van der Waals surface area contributed by atoms with Crippen molar-refractivity contribution in [3.63, 3.8) is 0 Å². The summed E-state index contributed by atoms with van der Waals surface area (Å²) in [5.74, 6) is 0.604. The summed E-state index contributed by atoms with van der Waals surface area (Å²) in [6.45, 7) is 2.14. The maximum atomic E-state index is 6.45. The lowest BCUT2D eigenvalue weighted by Crippen LogP contribution is -2.26. The molecule has 2 nitrogen and oxygen atoms in total.